The summed E-state index contributed by atoms with van der Waals surface area (Å²) in [5.41, 5.74) is 6.99. The van der Waals surface area contributed by atoms with E-state index in [4.69, 9.17) is 0 Å². The van der Waals surface area contributed by atoms with Gasteiger partial charge in [0.25, 0.3) is 5.56 Å². The summed E-state index contributed by atoms with van der Waals surface area (Å²) in [6, 6.07) is 20.8. The Hall–Kier alpha value is -4.51. The minimum Gasteiger partial charge on any atom is -0.290 e. The van der Waals surface area contributed by atoms with Crippen LogP contribution in [0.2, 0.25) is 0 Å². The van der Waals surface area contributed by atoms with Crippen LogP contribution in [0, 0.1) is 25.2 Å². The number of H-pyrrole nitrogens is 1. The molecule has 2 heterocycles. The van der Waals surface area contributed by atoms with Crippen molar-refractivity contribution in [1.82, 2.24) is 19.7 Å². The number of aromatic nitrogens is 4. The SMILES string of the molecule is Cc1cc(C)n(-c2ccc(C=NNc3nc(-c4ccccc4)c(C#N)c(=O)[nH]3)cc2)n1. The smallest absolute Gasteiger partial charge is 0.270 e. The predicted octanol–water partition coefficient (Wildman–Crippen LogP) is 3.56. The zero-order valence-electron chi connectivity index (χ0n) is 17.0. The summed E-state index contributed by atoms with van der Waals surface area (Å²) in [4.78, 5) is 19.2. The predicted molar refractivity (Wildman–Crippen MR) is 119 cm³/mol. The zero-order valence-corrected chi connectivity index (χ0v) is 17.0. The minimum atomic E-state index is -0.525. The molecule has 152 valence electrons. The Morgan fingerprint density at radius 2 is 1.87 bits per heavy atom. The molecule has 0 spiro atoms. The average Bonchev–Trinajstić information content (AvgIpc) is 3.12. The van der Waals surface area contributed by atoms with E-state index in [1.807, 2.05) is 73.1 Å². The highest BCUT2D eigenvalue weighted by atomic mass is 16.1. The number of nitrogens with zero attached hydrogens (tertiary/aromatic N) is 5. The third-order valence-corrected chi connectivity index (χ3v) is 4.61. The summed E-state index contributed by atoms with van der Waals surface area (Å²) < 4.78 is 1.88. The van der Waals surface area contributed by atoms with Gasteiger partial charge in [0.1, 0.15) is 11.6 Å². The molecule has 0 atom stereocenters. The zero-order chi connectivity index (χ0) is 21.8. The molecule has 0 unspecified atom stereocenters. The number of anilines is 1. The number of rotatable bonds is 5. The van der Waals surface area contributed by atoms with Crippen molar-refractivity contribution in [3.63, 3.8) is 0 Å². The van der Waals surface area contributed by atoms with Crippen molar-refractivity contribution in [3.8, 4) is 23.0 Å². The maximum absolute atomic E-state index is 12.3. The van der Waals surface area contributed by atoms with Gasteiger partial charge in [-0.05, 0) is 37.6 Å². The summed E-state index contributed by atoms with van der Waals surface area (Å²) >= 11 is 0. The molecule has 0 fully saturated rings. The fraction of sp³-hybridized carbons (Fsp3) is 0.0870. The molecule has 2 N–H and O–H groups in total. The fourth-order valence-electron chi connectivity index (χ4n) is 3.19. The van der Waals surface area contributed by atoms with E-state index in [-0.39, 0.29) is 11.5 Å². The lowest BCUT2D eigenvalue weighted by molar-refractivity contribution is 0.833. The highest BCUT2D eigenvalue weighted by molar-refractivity contribution is 5.80. The average molecular weight is 409 g/mol. The number of hydrazone groups is 1. The van der Waals surface area contributed by atoms with Crippen LogP contribution in [0.25, 0.3) is 16.9 Å². The quantitative estimate of drug-likeness (QED) is 0.387. The number of aromatic amines is 1. The highest BCUT2D eigenvalue weighted by Gasteiger charge is 2.12. The summed E-state index contributed by atoms with van der Waals surface area (Å²) in [6.45, 7) is 3.97. The number of benzene rings is 2. The van der Waals surface area contributed by atoms with E-state index in [1.165, 1.54) is 0 Å². The molecule has 31 heavy (non-hydrogen) atoms. The van der Waals surface area contributed by atoms with Crippen molar-refractivity contribution in [2.24, 2.45) is 5.10 Å². The molecule has 2 aromatic carbocycles. The Kier molecular flexibility index (Phi) is 5.41. The molecule has 0 amide bonds. The lowest BCUT2D eigenvalue weighted by atomic mass is 10.1. The van der Waals surface area contributed by atoms with Crippen LogP contribution in [0.1, 0.15) is 22.5 Å². The second-order valence-corrected chi connectivity index (χ2v) is 6.92. The first-order valence-electron chi connectivity index (χ1n) is 9.58. The van der Waals surface area contributed by atoms with E-state index >= 15 is 0 Å². The van der Waals surface area contributed by atoms with Gasteiger partial charge in [-0.15, -0.1) is 0 Å². The molecule has 8 heteroatoms. The van der Waals surface area contributed by atoms with E-state index in [9.17, 15) is 10.1 Å². The second kappa shape index (κ2) is 8.47. The van der Waals surface area contributed by atoms with Crippen molar-refractivity contribution in [2.75, 3.05) is 5.43 Å². The van der Waals surface area contributed by atoms with Gasteiger partial charge < -0.3 is 0 Å². The maximum Gasteiger partial charge on any atom is 0.270 e. The van der Waals surface area contributed by atoms with Crippen LogP contribution >= 0.6 is 0 Å². The molecule has 4 rings (SSSR count). The standard InChI is InChI=1S/C23H19N7O/c1-15-12-16(2)30(29-15)19-10-8-17(9-11-19)14-25-28-23-26-21(18-6-4-3-5-7-18)20(13-24)22(31)27-23/h3-12,14H,1-2H3,(H2,26,27,28,31). The first-order chi connectivity index (χ1) is 15.0. The summed E-state index contributed by atoms with van der Waals surface area (Å²) in [7, 11) is 0. The van der Waals surface area contributed by atoms with Crippen LogP contribution < -0.4 is 11.0 Å². The van der Waals surface area contributed by atoms with E-state index in [2.05, 4.69) is 25.6 Å². The van der Waals surface area contributed by atoms with Crippen LogP contribution in [0.5, 0.6) is 0 Å². The van der Waals surface area contributed by atoms with E-state index in [1.54, 1.807) is 18.3 Å². The second-order valence-electron chi connectivity index (χ2n) is 6.92. The Bertz CT molecular complexity index is 1340. The number of hydrogen-bond donors (Lipinski definition) is 2. The summed E-state index contributed by atoms with van der Waals surface area (Å²) in [6.07, 6.45) is 1.62. The van der Waals surface area contributed by atoms with Crippen molar-refractivity contribution < 1.29 is 0 Å². The molecule has 0 aliphatic carbocycles. The Morgan fingerprint density at radius 3 is 2.52 bits per heavy atom. The van der Waals surface area contributed by atoms with Crippen LogP contribution in [0.4, 0.5) is 5.95 Å². The lowest BCUT2D eigenvalue weighted by Crippen LogP contribution is -2.16. The first kappa shape index (κ1) is 19.8. The van der Waals surface area contributed by atoms with E-state index < -0.39 is 5.56 Å². The maximum atomic E-state index is 12.3. The largest absolute Gasteiger partial charge is 0.290 e. The Labute approximate surface area is 178 Å². The third kappa shape index (κ3) is 4.26. The monoisotopic (exact) mass is 409 g/mol. The molecule has 0 aliphatic heterocycles. The van der Waals surface area contributed by atoms with Gasteiger partial charge in [-0.25, -0.2) is 15.1 Å². The molecule has 2 aromatic heterocycles. The minimum absolute atomic E-state index is 0.0412. The number of nitrogens with one attached hydrogen (secondary N) is 2. The molecule has 0 aliphatic rings. The van der Waals surface area contributed by atoms with E-state index in [0.29, 0.717) is 11.3 Å². The van der Waals surface area contributed by atoms with Gasteiger partial charge in [-0.2, -0.15) is 15.5 Å². The van der Waals surface area contributed by atoms with Gasteiger partial charge in [-0.3, -0.25) is 9.78 Å². The van der Waals surface area contributed by atoms with Gasteiger partial charge in [-0.1, -0.05) is 42.5 Å². The number of aryl methyl sites for hydroxylation is 2. The third-order valence-electron chi connectivity index (χ3n) is 4.61. The molecule has 0 radical (unpaired) electrons. The topological polar surface area (TPSA) is 112 Å². The van der Waals surface area contributed by atoms with E-state index in [0.717, 1.165) is 22.6 Å². The molecule has 0 saturated heterocycles. The molecule has 8 nitrogen and oxygen atoms in total. The van der Waals surface area contributed by atoms with Crippen LogP contribution in [0.15, 0.2) is 70.6 Å². The van der Waals surface area contributed by atoms with Crippen LogP contribution in [-0.2, 0) is 0 Å². The number of nitriles is 1. The number of hydrogen-bond acceptors (Lipinski definition) is 6. The van der Waals surface area contributed by atoms with Gasteiger partial charge >= 0.3 is 0 Å². The van der Waals surface area contributed by atoms with Gasteiger partial charge in [0.2, 0.25) is 5.95 Å². The van der Waals surface area contributed by atoms with Gasteiger partial charge in [0, 0.05) is 11.3 Å². The van der Waals surface area contributed by atoms with Crippen LogP contribution in [-0.4, -0.2) is 26.0 Å². The van der Waals surface area contributed by atoms with Crippen molar-refractivity contribution in [2.45, 2.75) is 13.8 Å². The molecule has 0 bridgehead atoms. The fourth-order valence-corrected chi connectivity index (χ4v) is 3.19. The Balaban J connectivity index is 1.54. The molecular weight excluding hydrogens is 390 g/mol. The summed E-state index contributed by atoms with van der Waals surface area (Å²) in [5.74, 6) is 0.151. The Morgan fingerprint density at radius 1 is 1.13 bits per heavy atom. The normalized spacial score (nSPS) is 10.9. The highest BCUT2D eigenvalue weighted by Crippen LogP contribution is 2.19. The summed E-state index contributed by atoms with van der Waals surface area (Å²) in [5, 5.41) is 18.0. The molecule has 4 aromatic rings. The molecule has 0 saturated carbocycles. The first-order valence-corrected chi connectivity index (χ1v) is 9.58. The lowest BCUT2D eigenvalue weighted by Gasteiger charge is -2.06. The van der Waals surface area contributed by atoms with Gasteiger partial charge in [0.15, 0.2) is 0 Å². The van der Waals surface area contributed by atoms with Crippen molar-refractivity contribution in [1.29, 1.82) is 5.26 Å². The van der Waals surface area contributed by atoms with Gasteiger partial charge in [0.05, 0.1) is 23.3 Å². The molecular formula is C23H19N7O. The van der Waals surface area contributed by atoms with Crippen molar-refractivity contribution >= 4 is 12.2 Å². The van der Waals surface area contributed by atoms with Crippen LogP contribution in [0.3, 0.4) is 0 Å². The van der Waals surface area contributed by atoms with Crippen molar-refractivity contribution in [3.05, 3.63) is 93.5 Å².